The van der Waals surface area contributed by atoms with Gasteiger partial charge in [0.1, 0.15) is 0 Å². The first kappa shape index (κ1) is 30.4. The number of rotatable bonds is 18. The highest BCUT2D eigenvalue weighted by Gasteiger charge is 2.39. The van der Waals surface area contributed by atoms with Crippen LogP contribution in [0.4, 0.5) is 4.79 Å². The quantitative estimate of drug-likeness (QED) is 0.136. The van der Waals surface area contributed by atoms with Crippen LogP contribution in [-0.4, -0.2) is 74.7 Å². The molecule has 0 heterocycles. The SMILES string of the molecule is CCO[Si](CCCNC(=O)OCCCOc1ccc(C=CC(=O)OC)cc1OC)(OCC)OCC. The summed E-state index contributed by atoms with van der Waals surface area (Å²) >= 11 is 0. The molecule has 1 rings (SSSR count). The minimum absolute atomic E-state index is 0.212. The molecule has 0 bridgehead atoms. The number of hydrogen-bond donors (Lipinski definition) is 1. The van der Waals surface area contributed by atoms with Crippen molar-refractivity contribution in [1.82, 2.24) is 5.32 Å². The number of carbonyl (C=O) groups is 2. The van der Waals surface area contributed by atoms with Crippen molar-refractivity contribution < 1.29 is 41.8 Å². The lowest BCUT2D eigenvalue weighted by atomic mass is 10.2. The van der Waals surface area contributed by atoms with Crippen LogP contribution >= 0.6 is 0 Å². The molecule has 0 aliphatic heterocycles. The van der Waals surface area contributed by atoms with E-state index in [1.54, 1.807) is 24.3 Å². The highest BCUT2D eigenvalue weighted by atomic mass is 28.4. The fourth-order valence-corrected chi connectivity index (χ4v) is 5.71. The van der Waals surface area contributed by atoms with Crippen LogP contribution in [0.2, 0.25) is 6.04 Å². The molecule has 1 aromatic rings. The van der Waals surface area contributed by atoms with Gasteiger partial charge in [0.05, 0.1) is 27.4 Å². The minimum atomic E-state index is -2.70. The van der Waals surface area contributed by atoms with E-state index < -0.39 is 20.9 Å². The zero-order chi connectivity index (χ0) is 25.9. The lowest BCUT2D eigenvalue weighted by Gasteiger charge is -2.28. The molecular weight excluding hydrogens is 474 g/mol. The topological polar surface area (TPSA) is 111 Å². The van der Waals surface area contributed by atoms with E-state index in [0.717, 1.165) is 5.56 Å². The molecular formula is C24H39NO9Si. The first-order valence-corrected chi connectivity index (χ1v) is 13.8. The number of hydrogen-bond acceptors (Lipinski definition) is 9. The van der Waals surface area contributed by atoms with Crippen LogP contribution in [0.25, 0.3) is 6.08 Å². The van der Waals surface area contributed by atoms with Crippen molar-refractivity contribution in [3.63, 3.8) is 0 Å². The summed E-state index contributed by atoms with van der Waals surface area (Å²) in [6.45, 7) is 8.28. The third-order valence-electron chi connectivity index (χ3n) is 4.60. The van der Waals surface area contributed by atoms with E-state index in [2.05, 4.69) is 10.1 Å². The molecule has 0 saturated heterocycles. The molecule has 0 aliphatic rings. The normalized spacial score (nSPS) is 11.3. The summed E-state index contributed by atoms with van der Waals surface area (Å²) in [6.07, 6.45) is 3.63. The van der Waals surface area contributed by atoms with Gasteiger partial charge in [0.15, 0.2) is 11.5 Å². The average Bonchev–Trinajstić information content (AvgIpc) is 2.85. The second-order valence-corrected chi connectivity index (χ2v) is 9.85. The molecule has 0 aromatic heterocycles. The molecule has 1 N–H and O–H groups in total. The smallest absolute Gasteiger partial charge is 0.493 e. The number of esters is 1. The van der Waals surface area contributed by atoms with Crippen LogP contribution in [0.1, 0.15) is 39.2 Å². The highest BCUT2D eigenvalue weighted by Crippen LogP contribution is 2.28. The number of nitrogens with one attached hydrogen (secondary N) is 1. The molecule has 198 valence electrons. The van der Waals surface area contributed by atoms with Gasteiger partial charge in [0, 0.05) is 44.9 Å². The molecule has 0 radical (unpaired) electrons. The maximum absolute atomic E-state index is 11.9. The predicted octanol–water partition coefficient (Wildman–Crippen LogP) is 3.82. The van der Waals surface area contributed by atoms with Gasteiger partial charge in [-0.05, 0) is 51.0 Å². The number of methoxy groups -OCH3 is 2. The van der Waals surface area contributed by atoms with E-state index in [4.69, 9.17) is 27.5 Å². The van der Waals surface area contributed by atoms with Gasteiger partial charge in [-0.3, -0.25) is 0 Å². The molecule has 11 heteroatoms. The van der Waals surface area contributed by atoms with Crippen LogP contribution in [0.3, 0.4) is 0 Å². The van der Waals surface area contributed by atoms with Crippen LogP contribution in [0, 0.1) is 0 Å². The summed E-state index contributed by atoms with van der Waals surface area (Å²) in [6, 6.07) is 5.91. The summed E-state index contributed by atoms with van der Waals surface area (Å²) in [5.41, 5.74) is 0.767. The summed E-state index contributed by atoms with van der Waals surface area (Å²) in [5, 5.41) is 2.73. The summed E-state index contributed by atoms with van der Waals surface area (Å²) in [7, 11) is 0.151. The number of benzene rings is 1. The van der Waals surface area contributed by atoms with Crippen LogP contribution in [0.15, 0.2) is 24.3 Å². The monoisotopic (exact) mass is 513 g/mol. The van der Waals surface area contributed by atoms with Gasteiger partial charge in [-0.15, -0.1) is 0 Å². The minimum Gasteiger partial charge on any atom is -0.493 e. The molecule has 10 nitrogen and oxygen atoms in total. The Hall–Kier alpha value is -2.60. The number of ether oxygens (including phenoxy) is 4. The Morgan fingerprint density at radius 2 is 1.63 bits per heavy atom. The van der Waals surface area contributed by atoms with Crippen molar-refractivity contribution in [3.8, 4) is 11.5 Å². The maximum Gasteiger partial charge on any atom is 0.500 e. The van der Waals surface area contributed by atoms with E-state index in [1.165, 1.54) is 20.3 Å². The molecule has 0 atom stereocenters. The van der Waals surface area contributed by atoms with Crippen LogP contribution < -0.4 is 14.8 Å². The Labute approximate surface area is 209 Å². The lowest BCUT2D eigenvalue weighted by Crippen LogP contribution is -2.46. The van der Waals surface area contributed by atoms with Crippen molar-refractivity contribution >= 4 is 26.9 Å². The zero-order valence-electron chi connectivity index (χ0n) is 21.4. The molecule has 0 spiro atoms. The van der Waals surface area contributed by atoms with Crippen LogP contribution in [0.5, 0.6) is 11.5 Å². The Morgan fingerprint density at radius 3 is 2.23 bits per heavy atom. The van der Waals surface area contributed by atoms with Gasteiger partial charge >= 0.3 is 20.9 Å². The first-order valence-electron chi connectivity index (χ1n) is 11.8. The van der Waals surface area contributed by atoms with Crippen molar-refractivity contribution in [2.24, 2.45) is 0 Å². The second-order valence-electron chi connectivity index (χ2n) is 7.12. The van der Waals surface area contributed by atoms with Crippen LogP contribution in [-0.2, 0) is 27.5 Å². The molecule has 1 amide bonds. The van der Waals surface area contributed by atoms with Gasteiger partial charge in [-0.2, -0.15) is 0 Å². The fraction of sp³-hybridized carbons (Fsp3) is 0.583. The third kappa shape index (κ3) is 12.1. The Kier molecular flexibility index (Phi) is 15.5. The van der Waals surface area contributed by atoms with Crippen molar-refractivity contribution in [3.05, 3.63) is 29.8 Å². The van der Waals surface area contributed by atoms with E-state index in [0.29, 0.717) is 63.4 Å². The number of amides is 1. The van der Waals surface area contributed by atoms with Crippen molar-refractivity contribution in [2.45, 2.75) is 39.7 Å². The largest absolute Gasteiger partial charge is 0.500 e. The van der Waals surface area contributed by atoms with E-state index >= 15 is 0 Å². The van der Waals surface area contributed by atoms with Gasteiger partial charge in [-0.1, -0.05) is 6.07 Å². The van der Waals surface area contributed by atoms with Gasteiger partial charge in [0.2, 0.25) is 0 Å². The van der Waals surface area contributed by atoms with Crippen molar-refractivity contribution in [2.75, 3.05) is 53.8 Å². The predicted molar refractivity (Wildman–Crippen MR) is 134 cm³/mol. The fourth-order valence-electron chi connectivity index (χ4n) is 3.09. The lowest BCUT2D eigenvalue weighted by molar-refractivity contribution is -0.134. The summed E-state index contributed by atoms with van der Waals surface area (Å²) in [4.78, 5) is 23.2. The Bertz CT molecular complexity index is 771. The highest BCUT2D eigenvalue weighted by molar-refractivity contribution is 6.60. The Balaban J connectivity index is 2.33. The van der Waals surface area contributed by atoms with Crippen molar-refractivity contribution in [1.29, 1.82) is 0 Å². The third-order valence-corrected chi connectivity index (χ3v) is 7.75. The molecule has 0 unspecified atom stereocenters. The molecule has 0 saturated carbocycles. The second kappa shape index (κ2) is 17.8. The maximum atomic E-state index is 11.9. The standard InChI is InChI=1S/C24H39NO9Si/c1-6-32-35(33-7-2,34-8-3)18-9-15-25-24(27)31-17-10-16-30-21-13-11-20(19-22(21)28-4)12-14-23(26)29-5/h11-14,19H,6-10,15-18H2,1-5H3,(H,25,27). The number of alkyl carbamates (subject to hydrolysis) is 1. The summed E-state index contributed by atoms with van der Waals surface area (Å²) in [5.74, 6) is 0.643. The molecule has 0 fully saturated rings. The molecule has 0 aliphatic carbocycles. The van der Waals surface area contributed by atoms with E-state index in [-0.39, 0.29) is 6.61 Å². The van der Waals surface area contributed by atoms with Gasteiger partial charge in [-0.25, -0.2) is 9.59 Å². The van der Waals surface area contributed by atoms with Gasteiger partial charge in [0.25, 0.3) is 0 Å². The van der Waals surface area contributed by atoms with E-state index in [1.807, 2.05) is 20.8 Å². The average molecular weight is 514 g/mol. The molecule has 35 heavy (non-hydrogen) atoms. The number of carbonyl (C=O) groups excluding carboxylic acids is 2. The van der Waals surface area contributed by atoms with E-state index in [9.17, 15) is 9.59 Å². The summed E-state index contributed by atoms with van der Waals surface area (Å²) < 4.78 is 38.2. The first-order chi connectivity index (χ1) is 16.9. The Morgan fingerprint density at radius 1 is 0.943 bits per heavy atom. The molecule has 1 aromatic carbocycles. The van der Waals surface area contributed by atoms with Gasteiger partial charge < -0.3 is 37.5 Å². The zero-order valence-corrected chi connectivity index (χ0v) is 22.4.